The lowest BCUT2D eigenvalue weighted by molar-refractivity contribution is 0.0677. The van der Waals surface area contributed by atoms with Crippen molar-refractivity contribution in [2.24, 2.45) is 5.92 Å². The van der Waals surface area contributed by atoms with Gasteiger partial charge in [-0.2, -0.15) is 5.10 Å². The van der Waals surface area contributed by atoms with E-state index in [1.165, 1.54) is 22.4 Å². The quantitative estimate of drug-likeness (QED) is 0.681. The number of piperidine rings is 1. The molecule has 1 fully saturated rings. The molecule has 7 heteroatoms. The number of carbonyl (C=O) groups excluding carboxylic acids is 1. The maximum atomic E-state index is 12.8. The number of hydrogen-bond donors (Lipinski definition) is 0. The Kier molecular flexibility index (Phi) is 7.41. The third-order valence-corrected chi connectivity index (χ3v) is 5.50. The molecule has 1 aliphatic rings. The van der Waals surface area contributed by atoms with Crippen molar-refractivity contribution in [3.63, 3.8) is 0 Å². The summed E-state index contributed by atoms with van der Waals surface area (Å²) < 4.78 is 11.5. The smallest absolute Gasteiger partial charge is 0.274 e. The number of benzene rings is 1. The summed E-state index contributed by atoms with van der Waals surface area (Å²) in [5.41, 5.74) is 1.40. The first kappa shape index (κ1) is 21.0. The van der Waals surface area contributed by atoms with E-state index in [-0.39, 0.29) is 11.5 Å². The number of aryl methyl sites for hydroxylation is 1. The second kappa shape index (κ2) is 10.2. The van der Waals surface area contributed by atoms with Crippen LogP contribution in [-0.2, 0) is 17.7 Å². The molecule has 3 rings (SSSR count). The molecule has 0 atom stereocenters. The molecular formula is C22H29N3O4. The van der Waals surface area contributed by atoms with Gasteiger partial charge < -0.3 is 14.4 Å². The van der Waals surface area contributed by atoms with E-state index in [1.807, 2.05) is 17.0 Å². The molecule has 2 aromatic rings. The van der Waals surface area contributed by atoms with Crippen LogP contribution >= 0.6 is 0 Å². The van der Waals surface area contributed by atoms with Gasteiger partial charge >= 0.3 is 0 Å². The Morgan fingerprint density at radius 3 is 2.48 bits per heavy atom. The van der Waals surface area contributed by atoms with Gasteiger partial charge in [-0.3, -0.25) is 9.59 Å². The van der Waals surface area contributed by atoms with Crippen LogP contribution in [0.5, 0.6) is 5.75 Å². The predicted molar refractivity (Wildman–Crippen MR) is 110 cm³/mol. The Morgan fingerprint density at radius 2 is 1.83 bits per heavy atom. The van der Waals surface area contributed by atoms with Crippen LogP contribution in [0.4, 0.5) is 0 Å². The van der Waals surface area contributed by atoms with Crippen molar-refractivity contribution < 1.29 is 14.3 Å². The number of amides is 1. The second-order valence-electron chi connectivity index (χ2n) is 7.40. The van der Waals surface area contributed by atoms with Crippen molar-refractivity contribution in [2.45, 2.75) is 32.2 Å². The maximum absolute atomic E-state index is 12.8. The molecule has 0 saturated carbocycles. The SMILES string of the molecule is COCCn1nc(C(=O)N2CCC(CCc3ccc(OC)cc3)CC2)ccc1=O. The van der Waals surface area contributed by atoms with Gasteiger partial charge in [-0.1, -0.05) is 12.1 Å². The summed E-state index contributed by atoms with van der Waals surface area (Å²) in [4.78, 5) is 26.5. The highest BCUT2D eigenvalue weighted by Gasteiger charge is 2.24. The molecule has 156 valence electrons. The highest BCUT2D eigenvalue weighted by molar-refractivity contribution is 5.92. The zero-order valence-corrected chi connectivity index (χ0v) is 17.2. The van der Waals surface area contributed by atoms with E-state index >= 15 is 0 Å². The lowest BCUT2D eigenvalue weighted by Crippen LogP contribution is -2.40. The molecular weight excluding hydrogens is 370 g/mol. The van der Waals surface area contributed by atoms with Gasteiger partial charge in [0.1, 0.15) is 11.4 Å². The van der Waals surface area contributed by atoms with Crippen LogP contribution in [0.15, 0.2) is 41.2 Å². The fourth-order valence-corrected chi connectivity index (χ4v) is 3.65. The fraction of sp³-hybridized carbons (Fsp3) is 0.500. The number of methoxy groups -OCH3 is 2. The van der Waals surface area contributed by atoms with Gasteiger partial charge in [0.05, 0.1) is 20.3 Å². The van der Waals surface area contributed by atoms with Crippen molar-refractivity contribution >= 4 is 5.91 Å². The molecule has 29 heavy (non-hydrogen) atoms. The lowest BCUT2D eigenvalue weighted by Gasteiger charge is -2.32. The number of rotatable bonds is 8. The summed E-state index contributed by atoms with van der Waals surface area (Å²) in [6.07, 6.45) is 4.14. The molecule has 0 aliphatic carbocycles. The number of aromatic nitrogens is 2. The van der Waals surface area contributed by atoms with Crippen LogP contribution in [0.1, 0.15) is 35.3 Å². The van der Waals surface area contributed by atoms with E-state index in [0.29, 0.717) is 24.8 Å². The number of hydrogen-bond acceptors (Lipinski definition) is 5. The van der Waals surface area contributed by atoms with Gasteiger partial charge in [0, 0.05) is 26.3 Å². The van der Waals surface area contributed by atoms with Crippen LogP contribution in [0.3, 0.4) is 0 Å². The maximum Gasteiger partial charge on any atom is 0.274 e. The standard InChI is InChI=1S/C22H29N3O4/c1-28-16-15-25-21(26)10-9-20(23-25)22(27)24-13-11-18(12-14-24)4-3-17-5-7-19(29-2)8-6-17/h5-10,18H,3-4,11-16H2,1-2H3. The molecule has 1 aliphatic heterocycles. The Morgan fingerprint density at radius 1 is 1.10 bits per heavy atom. The first-order chi connectivity index (χ1) is 14.1. The number of likely N-dealkylation sites (tertiary alicyclic amines) is 1. The van der Waals surface area contributed by atoms with Gasteiger partial charge in [0.25, 0.3) is 11.5 Å². The third-order valence-electron chi connectivity index (χ3n) is 5.50. The minimum atomic E-state index is -0.226. The lowest BCUT2D eigenvalue weighted by atomic mass is 9.90. The van der Waals surface area contributed by atoms with Crippen molar-refractivity contribution in [3.8, 4) is 5.75 Å². The summed E-state index contributed by atoms with van der Waals surface area (Å²) in [7, 11) is 3.24. The van der Waals surface area contributed by atoms with Gasteiger partial charge in [-0.15, -0.1) is 0 Å². The number of ether oxygens (including phenoxy) is 2. The predicted octanol–water partition coefficient (Wildman–Crippen LogP) is 2.38. The molecule has 1 saturated heterocycles. The summed E-state index contributed by atoms with van der Waals surface area (Å²) >= 11 is 0. The minimum Gasteiger partial charge on any atom is -0.497 e. The zero-order chi connectivity index (χ0) is 20.6. The van der Waals surface area contributed by atoms with Crippen LogP contribution < -0.4 is 10.3 Å². The van der Waals surface area contributed by atoms with E-state index in [0.717, 1.165) is 44.5 Å². The van der Waals surface area contributed by atoms with Crippen LogP contribution in [0.2, 0.25) is 0 Å². The van der Waals surface area contributed by atoms with Gasteiger partial charge in [0.2, 0.25) is 0 Å². The van der Waals surface area contributed by atoms with Crippen molar-refractivity contribution in [1.82, 2.24) is 14.7 Å². The fourth-order valence-electron chi connectivity index (χ4n) is 3.65. The minimum absolute atomic E-state index is 0.107. The summed E-state index contributed by atoms with van der Waals surface area (Å²) in [5.74, 6) is 1.39. The van der Waals surface area contributed by atoms with Crippen LogP contribution in [0, 0.1) is 5.92 Å². The van der Waals surface area contributed by atoms with Gasteiger partial charge in [0.15, 0.2) is 0 Å². The molecule has 0 spiro atoms. The van der Waals surface area contributed by atoms with E-state index in [4.69, 9.17) is 9.47 Å². The molecule has 0 radical (unpaired) electrons. The van der Waals surface area contributed by atoms with E-state index in [2.05, 4.69) is 17.2 Å². The van der Waals surface area contributed by atoms with Crippen LogP contribution in [-0.4, -0.2) is 54.5 Å². The molecule has 0 N–H and O–H groups in total. The summed E-state index contributed by atoms with van der Waals surface area (Å²) in [6.45, 7) is 2.17. The summed E-state index contributed by atoms with van der Waals surface area (Å²) in [5, 5.41) is 4.22. The average Bonchev–Trinajstić information content (AvgIpc) is 2.77. The topological polar surface area (TPSA) is 73.7 Å². The van der Waals surface area contributed by atoms with Crippen LogP contribution in [0.25, 0.3) is 0 Å². The van der Waals surface area contributed by atoms with Gasteiger partial charge in [-0.25, -0.2) is 4.68 Å². The highest BCUT2D eigenvalue weighted by atomic mass is 16.5. The highest BCUT2D eigenvalue weighted by Crippen LogP contribution is 2.24. The van der Waals surface area contributed by atoms with E-state index in [1.54, 1.807) is 14.2 Å². The zero-order valence-electron chi connectivity index (χ0n) is 17.2. The molecule has 1 amide bonds. The monoisotopic (exact) mass is 399 g/mol. The molecule has 1 aromatic carbocycles. The van der Waals surface area contributed by atoms with E-state index in [9.17, 15) is 9.59 Å². The number of nitrogens with zero attached hydrogens (tertiary/aromatic N) is 3. The van der Waals surface area contributed by atoms with Crippen molar-refractivity contribution in [1.29, 1.82) is 0 Å². The van der Waals surface area contributed by atoms with E-state index < -0.39 is 0 Å². The Balaban J connectivity index is 1.50. The second-order valence-corrected chi connectivity index (χ2v) is 7.40. The van der Waals surface area contributed by atoms with Gasteiger partial charge in [-0.05, 0) is 55.4 Å². The first-order valence-corrected chi connectivity index (χ1v) is 10.1. The largest absolute Gasteiger partial charge is 0.497 e. The van der Waals surface area contributed by atoms with Crippen molar-refractivity contribution in [3.05, 3.63) is 58.0 Å². The molecule has 1 aromatic heterocycles. The Bertz CT molecular complexity index is 855. The molecule has 0 unspecified atom stereocenters. The first-order valence-electron chi connectivity index (χ1n) is 10.1. The molecule has 2 heterocycles. The average molecular weight is 399 g/mol. The molecule has 7 nitrogen and oxygen atoms in total. The molecule has 0 bridgehead atoms. The summed E-state index contributed by atoms with van der Waals surface area (Å²) in [6, 6.07) is 11.1. The number of carbonyl (C=O) groups is 1. The Labute approximate surface area is 171 Å². The third kappa shape index (κ3) is 5.67. The Hall–Kier alpha value is -2.67. The van der Waals surface area contributed by atoms with Crippen molar-refractivity contribution in [2.75, 3.05) is 33.9 Å². The normalized spacial score (nSPS) is 14.8.